The van der Waals surface area contributed by atoms with Crippen molar-refractivity contribution in [1.29, 1.82) is 0 Å². The lowest BCUT2D eigenvalue weighted by molar-refractivity contribution is -0.135. The zero-order valence-corrected chi connectivity index (χ0v) is 10.9. The maximum Gasteiger partial charge on any atom is 0.389 e. The van der Waals surface area contributed by atoms with Crippen LogP contribution in [-0.4, -0.2) is 30.8 Å². The minimum absolute atomic E-state index is 0.235. The molecule has 5 heteroatoms. The number of thioether (sulfide) groups is 1. The third kappa shape index (κ3) is 10.6. The fourth-order valence-electron chi connectivity index (χ4n) is 1.51. The maximum absolute atomic E-state index is 12.0. The summed E-state index contributed by atoms with van der Waals surface area (Å²) in [7, 11) is 0. The first kappa shape index (κ1) is 16.1. The molecular weight excluding hydrogens is 235 g/mol. The van der Waals surface area contributed by atoms with E-state index in [0.29, 0.717) is 6.42 Å². The van der Waals surface area contributed by atoms with Crippen LogP contribution in [0.1, 0.15) is 39.0 Å². The van der Waals surface area contributed by atoms with Gasteiger partial charge in [-0.1, -0.05) is 6.92 Å². The number of rotatable bonds is 9. The van der Waals surface area contributed by atoms with Gasteiger partial charge in [-0.25, -0.2) is 0 Å². The number of hydrogen-bond donors (Lipinski definition) is 1. The monoisotopic (exact) mass is 257 g/mol. The minimum Gasteiger partial charge on any atom is -0.314 e. The highest BCUT2D eigenvalue weighted by Crippen LogP contribution is 2.23. The van der Waals surface area contributed by atoms with Crippen LogP contribution in [0.25, 0.3) is 0 Å². The van der Waals surface area contributed by atoms with E-state index in [9.17, 15) is 13.2 Å². The summed E-state index contributed by atoms with van der Waals surface area (Å²) in [6.45, 7) is 2.96. The summed E-state index contributed by atoms with van der Waals surface area (Å²) in [6.07, 6.45) is 0.200. The second-order valence-corrected chi connectivity index (χ2v) is 4.93. The Morgan fingerprint density at radius 3 is 2.44 bits per heavy atom. The predicted molar refractivity (Wildman–Crippen MR) is 65.0 cm³/mol. The first-order valence-electron chi connectivity index (χ1n) is 5.78. The van der Waals surface area contributed by atoms with Crippen molar-refractivity contribution in [3.05, 3.63) is 0 Å². The molecule has 0 aliphatic heterocycles. The van der Waals surface area contributed by atoms with Gasteiger partial charge in [0, 0.05) is 12.5 Å². The first-order valence-corrected chi connectivity index (χ1v) is 7.18. The quantitative estimate of drug-likeness (QED) is 0.673. The molecule has 1 unspecified atom stereocenters. The van der Waals surface area contributed by atoms with Crippen molar-refractivity contribution in [2.45, 2.75) is 51.2 Å². The highest BCUT2D eigenvalue weighted by atomic mass is 32.2. The molecule has 0 saturated heterocycles. The fraction of sp³-hybridized carbons (Fsp3) is 1.00. The lowest BCUT2D eigenvalue weighted by Gasteiger charge is -2.18. The molecule has 0 rings (SSSR count). The van der Waals surface area contributed by atoms with E-state index in [-0.39, 0.29) is 12.5 Å². The van der Waals surface area contributed by atoms with Crippen LogP contribution in [0.2, 0.25) is 0 Å². The Kier molecular flexibility index (Phi) is 9.22. The number of alkyl halides is 3. The van der Waals surface area contributed by atoms with Crippen molar-refractivity contribution >= 4 is 11.8 Å². The zero-order valence-electron chi connectivity index (χ0n) is 10.1. The molecule has 0 aliphatic rings. The lowest BCUT2D eigenvalue weighted by atomic mass is 10.1. The molecule has 0 amide bonds. The summed E-state index contributed by atoms with van der Waals surface area (Å²) in [4.78, 5) is 0. The Hall–Kier alpha value is 0.100. The average molecular weight is 257 g/mol. The molecule has 0 saturated carbocycles. The SMILES string of the molecule is CCCNC(CCCC(F)(F)F)CCSC. The van der Waals surface area contributed by atoms with E-state index < -0.39 is 12.6 Å². The Balaban J connectivity index is 3.72. The Bertz CT molecular complexity index is 154. The third-order valence-corrected chi connectivity index (χ3v) is 3.01. The molecule has 0 fully saturated rings. The van der Waals surface area contributed by atoms with Gasteiger partial charge in [0.25, 0.3) is 0 Å². The van der Waals surface area contributed by atoms with E-state index in [4.69, 9.17) is 0 Å². The third-order valence-electron chi connectivity index (χ3n) is 2.37. The summed E-state index contributed by atoms with van der Waals surface area (Å²) >= 11 is 1.74. The number of hydrogen-bond acceptors (Lipinski definition) is 2. The van der Waals surface area contributed by atoms with Gasteiger partial charge in [-0.15, -0.1) is 0 Å². The standard InChI is InChI=1S/C11H22F3NS/c1-3-8-15-10(6-9-16-2)5-4-7-11(12,13)14/h10,15H,3-9H2,1-2H3. The molecule has 0 aliphatic carbocycles. The molecule has 0 spiro atoms. The first-order chi connectivity index (χ1) is 7.49. The smallest absolute Gasteiger partial charge is 0.314 e. The fourth-order valence-corrected chi connectivity index (χ4v) is 2.03. The van der Waals surface area contributed by atoms with Crippen LogP contribution in [0.5, 0.6) is 0 Å². The zero-order chi connectivity index (χ0) is 12.4. The summed E-state index contributed by atoms with van der Waals surface area (Å²) in [6, 6.07) is 0.245. The van der Waals surface area contributed by atoms with Gasteiger partial charge >= 0.3 is 6.18 Å². The van der Waals surface area contributed by atoms with E-state index >= 15 is 0 Å². The Morgan fingerprint density at radius 2 is 1.94 bits per heavy atom. The van der Waals surface area contributed by atoms with Gasteiger partial charge in [0.05, 0.1) is 0 Å². The molecule has 1 nitrogen and oxygen atoms in total. The molecule has 1 N–H and O–H groups in total. The Morgan fingerprint density at radius 1 is 1.25 bits per heavy atom. The molecule has 0 aromatic carbocycles. The minimum atomic E-state index is -4.01. The van der Waals surface area contributed by atoms with Gasteiger partial charge < -0.3 is 5.32 Å². The van der Waals surface area contributed by atoms with Gasteiger partial charge in [-0.2, -0.15) is 24.9 Å². The van der Waals surface area contributed by atoms with E-state index in [0.717, 1.165) is 25.1 Å². The average Bonchev–Trinajstić information content (AvgIpc) is 2.19. The van der Waals surface area contributed by atoms with Crippen molar-refractivity contribution in [3.63, 3.8) is 0 Å². The van der Waals surface area contributed by atoms with Crippen LogP contribution in [0, 0.1) is 0 Å². The summed E-state index contributed by atoms with van der Waals surface area (Å²) in [5, 5.41) is 3.31. The topological polar surface area (TPSA) is 12.0 Å². The van der Waals surface area contributed by atoms with Crippen LogP contribution in [0.15, 0.2) is 0 Å². The molecule has 0 aromatic heterocycles. The molecular formula is C11H22F3NS. The van der Waals surface area contributed by atoms with Gasteiger partial charge in [0.15, 0.2) is 0 Å². The van der Waals surface area contributed by atoms with Gasteiger partial charge in [0.1, 0.15) is 0 Å². The van der Waals surface area contributed by atoms with Crippen LogP contribution >= 0.6 is 11.8 Å². The van der Waals surface area contributed by atoms with Crippen molar-refractivity contribution < 1.29 is 13.2 Å². The van der Waals surface area contributed by atoms with Crippen molar-refractivity contribution in [1.82, 2.24) is 5.32 Å². The maximum atomic E-state index is 12.0. The van der Waals surface area contributed by atoms with Crippen LogP contribution in [0.4, 0.5) is 13.2 Å². The van der Waals surface area contributed by atoms with Crippen molar-refractivity contribution in [3.8, 4) is 0 Å². The van der Waals surface area contributed by atoms with Crippen molar-refractivity contribution in [2.75, 3.05) is 18.6 Å². The van der Waals surface area contributed by atoms with Crippen LogP contribution in [-0.2, 0) is 0 Å². The van der Waals surface area contributed by atoms with Gasteiger partial charge in [-0.3, -0.25) is 0 Å². The number of halogens is 3. The molecule has 0 radical (unpaired) electrons. The Labute approximate surface area is 101 Å². The normalized spacial score (nSPS) is 14.1. The predicted octanol–water partition coefficient (Wildman–Crippen LogP) is 3.84. The summed E-state index contributed by atoms with van der Waals surface area (Å²) < 4.78 is 36.0. The van der Waals surface area contributed by atoms with Crippen LogP contribution in [0.3, 0.4) is 0 Å². The molecule has 0 bridgehead atoms. The van der Waals surface area contributed by atoms with Crippen LogP contribution < -0.4 is 5.32 Å². The van der Waals surface area contributed by atoms with Gasteiger partial charge in [0.2, 0.25) is 0 Å². The molecule has 0 aromatic rings. The van der Waals surface area contributed by atoms with E-state index in [1.54, 1.807) is 11.8 Å². The van der Waals surface area contributed by atoms with Crippen molar-refractivity contribution in [2.24, 2.45) is 0 Å². The molecule has 16 heavy (non-hydrogen) atoms. The lowest BCUT2D eigenvalue weighted by Crippen LogP contribution is -2.30. The number of nitrogens with one attached hydrogen (secondary N) is 1. The largest absolute Gasteiger partial charge is 0.389 e. The second kappa shape index (κ2) is 9.16. The highest BCUT2D eigenvalue weighted by molar-refractivity contribution is 7.98. The van der Waals surface area contributed by atoms with E-state index in [2.05, 4.69) is 12.2 Å². The summed E-state index contributed by atoms with van der Waals surface area (Å²) in [5.74, 6) is 1.01. The molecule has 98 valence electrons. The summed E-state index contributed by atoms with van der Waals surface area (Å²) in [5.41, 5.74) is 0. The van der Waals surface area contributed by atoms with Gasteiger partial charge in [-0.05, 0) is 44.2 Å². The molecule has 1 atom stereocenters. The van der Waals surface area contributed by atoms with E-state index in [1.807, 2.05) is 6.26 Å². The van der Waals surface area contributed by atoms with E-state index in [1.165, 1.54) is 0 Å². The highest BCUT2D eigenvalue weighted by Gasteiger charge is 2.26. The second-order valence-electron chi connectivity index (χ2n) is 3.94. The molecule has 0 heterocycles.